The molecule has 0 aliphatic rings. The van der Waals surface area contributed by atoms with Crippen LogP contribution in [-0.2, 0) is 0 Å². The highest BCUT2D eigenvalue weighted by atomic mass is 16.2. The number of rotatable bonds is 2. The largest absolute Gasteiger partial charge is 0.392 e. The molecule has 0 spiro atoms. The molecule has 0 radical (unpaired) electrons. The minimum absolute atomic E-state index is 0.129. The molecule has 0 saturated heterocycles. The van der Waals surface area contributed by atoms with E-state index in [9.17, 15) is 0 Å². The van der Waals surface area contributed by atoms with Crippen molar-refractivity contribution in [2.24, 2.45) is 0 Å². The van der Waals surface area contributed by atoms with Gasteiger partial charge in [0.25, 0.3) is 0 Å². The fourth-order valence-electron chi connectivity index (χ4n) is 0.321. The third-order valence-electron chi connectivity index (χ3n) is 0.671. The Morgan fingerprint density at radius 3 is 2.50 bits per heavy atom. The maximum absolute atomic E-state index is 8.26. The summed E-state index contributed by atoms with van der Waals surface area (Å²) >= 11 is 0. The molecule has 0 aromatic rings. The summed E-state index contributed by atoms with van der Waals surface area (Å²) < 4.78 is 0. The summed E-state index contributed by atoms with van der Waals surface area (Å²) in [5.41, 5.74) is 1.25. The van der Waals surface area contributed by atoms with Crippen LogP contribution in [-0.4, -0.2) is 11.7 Å². The van der Waals surface area contributed by atoms with E-state index >= 15 is 0 Å². The molecule has 1 N–H and O–H groups in total. The summed E-state index contributed by atoms with van der Waals surface area (Å²) in [7, 11) is 0. The van der Waals surface area contributed by atoms with Crippen molar-refractivity contribution in [1.29, 1.82) is 0 Å². The van der Waals surface area contributed by atoms with Gasteiger partial charge in [-0.2, -0.15) is 0 Å². The van der Waals surface area contributed by atoms with Crippen LogP contribution in [0.5, 0.6) is 0 Å². The number of hydrogen-bond donors (Lipinski definition) is 1. The normalized spacial score (nSPS) is 9.88. The fourth-order valence-corrected chi connectivity index (χ4v) is 0.321. The molecule has 0 aliphatic carbocycles. The Morgan fingerprint density at radius 1 is 1.50 bits per heavy atom. The van der Waals surface area contributed by atoms with Gasteiger partial charge in [0.15, 0.2) is 0 Å². The van der Waals surface area contributed by atoms with Gasteiger partial charge in [-0.25, -0.2) is 0 Å². The van der Waals surface area contributed by atoms with Crippen molar-refractivity contribution < 1.29 is 5.11 Å². The van der Waals surface area contributed by atoms with Gasteiger partial charge in [-0.05, 0) is 13.8 Å². The third kappa shape index (κ3) is 5.44. The van der Waals surface area contributed by atoms with E-state index in [4.69, 9.17) is 5.11 Å². The first-order chi connectivity index (χ1) is 3.77. The molecule has 0 atom stereocenters. The summed E-state index contributed by atoms with van der Waals surface area (Å²) in [5, 5.41) is 8.26. The lowest BCUT2D eigenvalue weighted by Gasteiger charge is -1.79. The van der Waals surface area contributed by atoms with Crippen molar-refractivity contribution in [3.8, 4) is 0 Å². The second-order valence-electron chi connectivity index (χ2n) is 1.85. The monoisotopic (exact) mass is 112 g/mol. The summed E-state index contributed by atoms with van der Waals surface area (Å²) in [5.74, 6) is 0. The Bertz CT molecular complexity index is 97.0. The molecule has 1 nitrogen and oxygen atoms in total. The average molecular weight is 112 g/mol. The Morgan fingerprint density at radius 2 is 2.12 bits per heavy atom. The zero-order valence-corrected chi connectivity index (χ0v) is 5.39. The van der Waals surface area contributed by atoms with Crippen LogP contribution in [0.15, 0.2) is 23.8 Å². The number of aliphatic hydroxyl groups excluding tert-OH is 1. The first kappa shape index (κ1) is 7.44. The molecule has 0 amide bonds. The van der Waals surface area contributed by atoms with Crippen LogP contribution in [0.2, 0.25) is 0 Å². The molecule has 0 unspecified atom stereocenters. The predicted molar refractivity (Wildman–Crippen MR) is 35.7 cm³/mol. The van der Waals surface area contributed by atoms with E-state index in [1.54, 1.807) is 6.08 Å². The van der Waals surface area contributed by atoms with Crippen molar-refractivity contribution in [2.75, 3.05) is 6.61 Å². The summed E-state index contributed by atoms with van der Waals surface area (Å²) in [6.07, 6.45) is 5.50. The molecule has 1 heteroatoms. The van der Waals surface area contributed by atoms with Gasteiger partial charge >= 0.3 is 0 Å². The molecule has 0 aliphatic heterocycles. The van der Waals surface area contributed by atoms with Gasteiger partial charge in [0, 0.05) is 0 Å². The van der Waals surface area contributed by atoms with E-state index in [0.717, 1.165) is 0 Å². The van der Waals surface area contributed by atoms with Crippen molar-refractivity contribution in [1.82, 2.24) is 0 Å². The Kier molecular flexibility index (Phi) is 4.27. The highest BCUT2D eigenvalue weighted by Gasteiger charge is 1.68. The quantitative estimate of drug-likeness (QED) is 0.537. The fraction of sp³-hybridized carbons (Fsp3) is 0.429. The van der Waals surface area contributed by atoms with Crippen molar-refractivity contribution in [2.45, 2.75) is 13.8 Å². The maximum atomic E-state index is 8.26. The lowest BCUT2D eigenvalue weighted by Crippen LogP contribution is -1.68. The minimum Gasteiger partial charge on any atom is -0.392 e. The van der Waals surface area contributed by atoms with Crippen LogP contribution in [0.4, 0.5) is 0 Å². The van der Waals surface area contributed by atoms with Crippen molar-refractivity contribution >= 4 is 0 Å². The molecule has 0 rings (SSSR count). The summed E-state index contributed by atoms with van der Waals surface area (Å²) in [4.78, 5) is 0. The molecule has 46 valence electrons. The van der Waals surface area contributed by atoms with Gasteiger partial charge in [-0.3, -0.25) is 0 Å². The third-order valence-corrected chi connectivity index (χ3v) is 0.671. The van der Waals surface area contributed by atoms with Gasteiger partial charge in [0.05, 0.1) is 6.61 Å². The standard InChI is InChI=1S/C7H12O/c1-7(2)5-3-4-6-8/h3-5,8H,6H2,1-2H3/b4-3+. The van der Waals surface area contributed by atoms with Crippen LogP contribution in [0, 0.1) is 0 Å². The topological polar surface area (TPSA) is 20.2 Å². The zero-order valence-electron chi connectivity index (χ0n) is 5.39. The highest BCUT2D eigenvalue weighted by molar-refractivity contribution is 5.07. The molecular weight excluding hydrogens is 100 g/mol. The van der Waals surface area contributed by atoms with E-state index in [1.807, 2.05) is 26.0 Å². The molecule has 0 aromatic heterocycles. The van der Waals surface area contributed by atoms with Crippen LogP contribution in [0.3, 0.4) is 0 Å². The SMILES string of the molecule is CC(C)=C/C=C/CO. The van der Waals surface area contributed by atoms with Crippen LogP contribution < -0.4 is 0 Å². The van der Waals surface area contributed by atoms with E-state index in [1.165, 1.54) is 5.57 Å². The Hall–Kier alpha value is -0.560. The van der Waals surface area contributed by atoms with E-state index in [-0.39, 0.29) is 6.61 Å². The van der Waals surface area contributed by atoms with E-state index in [0.29, 0.717) is 0 Å². The lowest BCUT2D eigenvalue weighted by atomic mass is 10.3. The zero-order chi connectivity index (χ0) is 6.41. The van der Waals surface area contributed by atoms with Crippen molar-refractivity contribution in [3.05, 3.63) is 23.8 Å². The van der Waals surface area contributed by atoms with Gasteiger partial charge in [0.1, 0.15) is 0 Å². The van der Waals surface area contributed by atoms with Crippen molar-refractivity contribution in [3.63, 3.8) is 0 Å². The van der Waals surface area contributed by atoms with Crippen LogP contribution in [0.1, 0.15) is 13.8 Å². The minimum atomic E-state index is 0.129. The average Bonchev–Trinajstić information content (AvgIpc) is 1.66. The molecule has 0 bridgehead atoms. The number of hydrogen-bond acceptors (Lipinski definition) is 1. The molecule has 0 fully saturated rings. The van der Waals surface area contributed by atoms with E-state index in [2.05, 4.69) is 0 Å². The number of aliphatic hydroxyl groups is 1. The molecule has 8 heavy (non-hydrogen) atoms. The summed E-state index contributed by atoms with van der Waals surface area (Å²) in [6, 6.07) is 0. The first-order valence-electron chi connectivity index (χ1n) is 2.68. The second-order valence-corrected chi connectivity index (χ2v) is 1.85. The van der Waals surface area contributed by atoms with Gasteiger partial charge in [0.2, 0.25) is 0 Å². The maximum Gasteiger partial charge on any atom is 0.0615 e. The highest BCUT2D eigenvalue weighted by Crippen LogP contribution is 1.87. The van der Waals surface area contributed by atoms with Gasteiger partial charge < -0.3 is 5.11 Å². The second kappa shape index (κ2) is 4.60. The number of allylic oxidation sites excluding steroid dienone is 3. The Labute approximate surface area is 50.3 Å². The van der Waals surface area contributed by atoms with Gasteiger partial charge in [-0.15, -0.1) is 0 Å². The van der Waals surface area contributed by atoms with Gasteiger partial charge in [-0.1, -0.05) is 23.8 Å². The molecular formula is C7H12O. The summed E-state index contributed by atoms with van der Waals surface area (Å²) in [6.45, 7) is 4.16. The van der Waals surface area contributed by atoms with Crippen LogP contribution in [0.25, 0.3) is 0 Å². The first-order valence-corrected chi connectivity index (χ1v) is 2.68. The predicted octanol–water partition coefficient (Wildman–Crippen LogP) is 1.50. The van der Waals surface area contributed by atoms with Crippen LogP contribution >= 0.6 is 0 Å². The van der Waals surface area contributed by atoms with E-state index < -0.39 is 0 Å². The molecule has 0 saturated carbocycles. The molecule has 0 heterocycles. The lowest BCUT2D eigenvalue weighted by molar-refractivity contribution is 0.343. The smallest absolute Gasteiger partial charge is 0.0615 e. The Balaban J connectivity index is 3.42. The molecule has 0 aromatic carbocycles.